The van der Waals surface area contributed by atoms with Crippen molar-refractivity contribution in [3.8, 4) is 0 Å². The van der Waals surface area contributed by atoms with Gasteiger partial charge in [-0.2, -0.15) is 0 Å². The zero-order chi connectivity index (χ0) is 24.8. The highest BCUT2D eigenvalue weighted by Crippen LogP contribution is 2.47. The number of aromatic nitrogens is 2. The molecule has 4 heterocycles. The van der Waals surface area contributed by atoms with Gasteiger partial charge >= 0.3 is 11.9 Å². The van der Waals surface area contributed by atoms with E-state index >= 15 is 0 Å². The molecule has 2 aromatic heterocycles. The van der Waals surface area contributed by atoms with Crippen LogP contribution in [0.1, 0.15) is 45.5 Å². The minimum Gasteiger partial charge on any atom is -0.427 e. The van der Waals surface area contributed by atoms with Crippen molar-refractivity contribution in [1.82, 2.24) is 14.3 Å². The highest BCUT2D eigenvalue weighted by molar-refractivity contribution is 7.16. The third kappa shape index (κ3) is 3.96. The van der Waals surface area contributed by atoms with E-state index in [4.69, 9.17) is 14.3 Å². The Bertz CT molecular complexity index is 1200. The van der Waals surface area contributed by atoms with E-state index in [2.05, 4.69) is 10.1 Å². The van der Waals surface area contributed by atoms with Crippen LogP contribution in [0.25, 0.3) is 10.4 Å². The van der Waals surface area contributed by atoms with E-state index in [1.165, 1.54) is 29.6 Å². The Labute approximate surface area is 199 Å². The number of hydrogen-bond acceptors (Lipinski definition) is 10. The van der Waals surface area contributed by atoms with Gasteiger partial charge in [0.2, 0.25) is 12.7 Å². The van der Waals surface area contributed by atoms with Crippen molar-refractivity contribution >= 4 is 45.8 Å². The quantitative estimate of drug-likeness (QED) is 0.204. The summed E-state index contributed by atoms with van der Waals surface area (Å²) < 4.78 is 12.1. The van der Waals surface area contributed by atoms with Crippen molar-refractivity contribution in [2.24, 2.45) is 16.5 Å². The fraction of sp³-hybridized carbons (Fsp3) is 0.500. The van der Waals surface area contributed by atoms with Crippen LogP contribution >= 0.6 is 11.3 Å². The van der Waals surface area contributed by atoms with Crippen molar-refractivity contribution in [2.75, 3.05) is 13.9 Å². The Kier molecular flexibility index (Phi) is 6.21. The predicted octanol–water partition coefficient (Wildman–Crippen LogP) is 1.79. The molecule has 0 spiro atoms. The molecule has 0 aliphatic carbocycles. The summed E-state index contributed by atoms with van der Waals surface area (Å²) in [7, 11) is 1.43. The summed E-state index contributed by atoms with van der Waals surface area (Å²) in [5, 5.41) is 15.7. The number of nitrogens with zero attached hydrogens (tertiary/aromatic N) is 4. The molecule has 0 saturated carbocycles. The van der Waals surface area contributed by atoms with Crippen LogP contribution in [0.5, 0.6) is 0 Å². The topological polar surface area (TPSA) is 132 Å². The fourth-order valence-electron chi connectivity index (χ4n) is 4.13. The summed E-state index contributed by atoms with van der Waals surface area (Å²) in [5.74, 6) is -2.26. The Morgan fingerprint density at radius 2 is 2.12 bits per heavy atom. The maximum absolute atomic E-state index is 13.1. The summed E-state index contributed by atoms with van der Waals surface area (Å²) in [5.41, 5.74) is 1.19. The number of thiazole rings is 1. The molecule has 3 atom stereocenters. The molecule has 4 rings (SSSR count). The van der Waals surface area contributed by atoms with Gasteiger partial charge in [0.15, 0.2) is 0 Å². The first kappa shape index (κ1) is 23.9. The van der Waals surface area contributed by atoms with E-state index in [1.807, 2.05) is 5.38 Å². The van der Waals surface area contributed by atoms with Gasteiger partial charge in [-0.3, -0.25) is 14.0 Å². The number of aliphatic hydroxyl groups excluding tert-OH is 1. The lowest BCUT2D eigenvalue weighted by atomic mass is 9.83. The van der Waals surface area contributed by atoms with Crippen LogP contribution in [0.3, 0.4) is 0 Å². The number of hydrogen-bond donors (Lipinski definition) is 1. The van der Waals surface area contributed by atoms with Crippen LogP contribution in [0, 0.1) is 11.3 Å². The molecule has 34 heavy (non-hydrogen) atoms. The van der Waals surface area contributed by atoms with Crippen molar-refractivity contribution in [1.29, 1.82) is 0 Å². The second-order valence-electron chi connectivity index (χ2n) is 9.15. The van der Waals surface area contributed by atoms with Crippen molar-refractivity contribution in [3.05, 3.63) is 28.8 Å². The molecule has 1 saturated heterocycles. The molecule has 1 N–H and O–H groups in total. The number of rotatable bonds is 7. The number of aliphatic hydroxyl groups is 1. The summed E-state index contributed by atoms with van der Waals surface area (Å²) in [6.07, 6.45) is 2.59. The largest absolute Gasteiger partial charge is 0.427 e. The number of esters is 2. The SMILES string of the molecule is CON=Cc1ncn2c(C3=C(C(=O)OCOC(=O)C(C)(C)C)N4C(=O)[C@H]([C@@H](C)O)[C@H]4C3)csc12. The predicted molar refractivity (Wildman–Crippen MR) is 122 cm³/mol. The molecule has 1 amide bonds. The van der Waals surface area contributed by atoms with Crippen LogP contribution in [0.4, 0.5) is 0 Å². The molecule has 0 aromatic carbocycles. The smallest absolute Gasteiger partial charge is 0.358 e. The third-order valence-corrected chi connectivity index (χ3v) is 6.77. The van der Waals surface area contributed by atoms with Crippen LogP contribution in [-0.2, 0) is 28.7 Å². The number of fused-ring (bicyclic) bond motifs is 2. The van der Waals surface area contributed by atoms with Gasteiger partial charge in [-0.25, -0.2) is 9.78 Å². The van der Waals surface area contributed by atoms with Gasteiger partial charge in [-0.05, 0) is 34.1 Å². The second-order valence-corrected chi connectivity index (χ2v) is 10.0. The van der Waals surface area contributed by atoms with Crippen LogP contribution in [0.2, 0.25) is 0 Å². The molecule has 2 aliphatic heterocycles. The zero-order valence-electron chi connectivity index (χ0n) is 19.5. The molecule has 0 radical (unpaired) electrons. The summed E-state index contributed by atoms with van der Waals surface area (Å²) in [6, 6.07) is -0.366. The van der Waals surface area contributed by atoms with E-state index in [-0.39, 0.29) is 17.6 Å². The van der Waals surface area contributed by atoms with Gasteiger partial charge in [0.1, 0.15) is 29.7 Å². The Morgan fingerprint density at radius 3 is 2.76 bits per heavy atom. The monoisotopic (exact) mass is 490 g/mol. The molecule has 0 unspecified atom stereocenters. The minimum absolute atomic E-state index is 0.0826. The van der Waals surface area contributed by atoms with E-state index < -0.39 is 36.2 Å². The van der Waals surface area contributed by atoms with Gasteiger partial charge in [-0.15, -0.1) is 11.3 Å². The number of ether oxygens (including phenoxy) is 2. The molecule has 1 fully saturated rings. The number of carbonyl (C=O) groups excluding carboxylic acids is 3. The van der Waals surface area contributed by atoms with Gasteiger partial charge in [-0.1, -0.05) is 5.16 Å². The van der Waals surface area contributed by atoms with Gasteiger partial charge < -0.3 is 24.3 Å². The van der Waals surface area contributed by atoms with E-state index in [1.54, 1.807) is 38.4 Å². The van der Waals surface area contributed by atoms with Gasteiger partial charge in [0, 0.05) is 11.0 Å². The zero-order valence-corrected chi connectivity index (χ0v) is 20.3. The Morgan fingerprint density at radius 1 is 1.38 bits per heavy atom. The first-order chi connectivity index (χ1) is 16.1. The third-order valence-electron chi connectivity index (χ3n) is 5.80. The fourth-order valence-corrected chi connectivity index (χ4v) is 5.09. The summed E-state index contributed by atoms with van der Waals surface area (Å²) in [6.45, 7) is 6.05. The van der Waals surface area contributed by atoms with Gasteiger partial charge in [0.05, 0.1) is 35.4 Å². The highest BCUT2D eigenvalue weighted by Gasteiger charge is 2.57. The second kappa shape index (κ2) is 8.84. The minimum atomic E-state index is -0.856. The first-order valence-electron chi connectivity index (χ1n) is 10.7. The van der Waals surface area contributed by atoms with E-state index in [9.17, 15) is 19.5 Å². The molecule has 11 nitrogen and oxygen atoms in total. The standard InChI is InChI=1S/C22H26N4O7S/c1-11(27)16-14-6-12(15-8-34-19-13(7-24-31-5)23-9-25(15)19)17(26(14)18(16)28)20(29)32-10-33-21(30)22(2,3)4/h7-9,11,14,16,27H,6,10H2,1-5H3/t11-,14-,16-/m1/s1. The normalized spacial score (nSPS) is 21.1. The molecule has 0 bridgehead atoms. The van der Waals surface area contributed by atoms with Crippen LogP contribution < -0.4 is 0 Å². The molecule has 2 aromatic rings. The average molecular weight is 491 g/mol. The molecule has 182 valence electrons. The number of amides is 1. The first-order valence-corrected chi connectivity index (χ1v) is 11.5. The highest BCUT2D eigenvalue weighted by atomic mass is 32.1. The van der Waals surface area contributed by atoms with E-state index in [0.29, 0.717) is 23.4 Å². The Balaban J connectivity index is 1.66. The lowest BCUT2D eigenvalue weighted by Gasteiger charge is -2.44. The molecular formula is C22H26N4O7S. The lowest BCUT2D eigenvalue weighted by molar-refractivity contribution is -0.175. The van der Waals surface area contributed by atoms with Crippen molar-refractivity contribution < 1.29 is 33.8 Å². The maximum Gasteiger partial charge on any atom is 0.358 e. The van der Waals surface area contributed by atoms with Crippen molar-refractivity contribution in [2.45, 2.75) is 46.3 Å². The number of oxime groups is 1. The van der Waals surface area contributed by atoms with Crippen molar-refractivity contribution in [3.63, 3.8) is 0 Å². The number of imidazole rings is 1. The number of β-lactam (4-membered cyclic amide) rings is 1. The summed E-state index contributed by atoms with van der Waals surface area (Å²) >= 11 is 1.40. The maximum atomic E-state index is 13.1. The summed E-state index contributed by atoms with van der Waals surface area (Å²) in [4.78, 5) is 49.1. The van der Waals surface area contributed by atoms with E-state index in [0.717, 1.165) is 4.83 Å². The molecule has 12 heteroatoms. The van der Waals surface area contributed by atoms with Gasteiger partial charge in [0.25, 0.3) is 0 Å². The Hall–Kier alpha value is -3.25. The average Bonchev–Trinajstić information content (AvgIpc) is 3.43. The molecular weight excluding hydrogens is 464 g/mol. The van der Waals surface area contributed by atoms with Crippen LogP contribution in [-0.4, -0.2) is 69.5 Å². The number of carbonyl (C=O) groups is 3. The molecule has 2 aliphatic rings. The lowest BCUT2D eigenvalue weighted by Crippen LogP contribution is -2.61. The van der Waals surface area contributed by atoms with Crippen LogP contribution in [0.15, 0.2) is 22.6 Å².